The third kappa shape index (κ3) is 2.77. The van der Waals surface area contributed by atoms with Crippen LogP contribution in [0.5, 0.6) is 0 Å². The number of hydrogen-bond acceptors (Lipinski definition) is 3. The molecule has 112 valence electrons. The van der Waals surface area contributed by atoms with Crippen LogP contribution in [0.25, 0.3) is 10.1 Å². The van der Waals surface area contributed by atoms with Gasteiger partial charge in [0.2, 0.25) is 0 Å². The minimum absolute atomic E-state index is 0.322. The number of thiophene rings is 1. The molecule has 2 heterocycles. The van der Waals surface area contributed by atoms with Crippen LogP contribution in [0.2, 0.25) is 0 Å². The van der Waals surface area contributed by atoms with Crippen molar-refractivity contribution in [1.29, 1.82) is 0 Å². The number of fused-ring (bicyclic) bond motifs is 1. The van der Waals surface area contributed by atoms with Crippen LogP contribution in [0.4, 0.5) is 0 Å². The van der Waals surface area contributed by atoms with Gasteiger partial charge >= 0.3 is 0 Å². The van der Waals surface area contributed by atoms with E-state index in [0.29, 0.717) is 10.6 Å². The summed E-state index contributed by atoms with van der Waals surface area (Å²) >= 11 is 4.65. The van der Waals surface area contributed by atoms with Crippen LogP contribution in [-0.2, 0) is 0 Å². The molecule has 0 saturated heterocycles. The van der Waals surface area contributed by atoms with Crippen molar-refractivity contribution in [2.75, 3.05) is 0 Å². The normalized spacial score (nSPS) is 10.6. The zero-order chi connectivity index (χ0) is 15.7. The summed E-state index contributed by atoms with van der Waals surface area (Å²) in [7, 11) is 0. The van der Waals surface area contributed by atoms with Gasteiger partial charge in [-0.3, -0.25) is 20.4 Å². The van der Waals surface area contributed by atoms with E-state index in [2.05, 4.69) is 31.8 Å². The number of rotatable bonds is 2. The Morgan fingerprint density at radius 3 is 2.59 bits per heavy atom. The SMILES string of the molecule is Cc1c(C(=O)NNC(=O)c2cc(Br)c[nH]2)sc2ccccc12. The number of amides is 2. The molecule has 0 saturated carbocycles. The number of carbonyl (C=O) groups excluding carboxylic acids is 2. The summed E-state index contributed by atoms with van der Waals surface area (Å²) in [6, 6.07) is 9.46. The van der Waals surface area contributed by atoms with Gasteiger partial charge in [0, 0.05) is 15.4 Å². The standard InChI is InChI=1S/C15H12BrN3O2S/c1-8-10-4-2-3-5-12(10)22-13(8)15(21)19-18-14(20)11-6-9(16)7-17-11/h2-7,17H,1H3,(H,18,20)(H,19,21). The van der Waals surface area contributed by atoms with E-state index in [1.165, 1.54) is 11.3 Å². The van der Waals surface area contributed by atoms with E-state index >= 15 is 0 Å². The monoisotopic (exact) mass is 377 g/mol. The van der Waals surface area contributed by atoms with Crippen molar-refractivity contribution in [1.82, 2.24) is 15.8 Å². The van der Waals surface area contributed by atoms with E-state index < -0.39 is 5.91 Å². The quantitative estimate of drug-likeness (QED) is 0.598. The van der Waals surface area contributed by atoms with Crippen molar-refractivity contribution in [3.63, 3.8) is 0 Å². The number of hydrazine groups is 1. The Morgan fingerprint density at radius 2 is 1.91 bits per heavy atom. The molecule has 0 spiro atoms. The van der Waals surface area contributed by atoms with Gasteiger partial charge in [-0.05, 0) is 45.9 Å². The highest BCUT2D eigenvalue weighted by atomic mass is 79.9. The maximum absolute atomic E-state index is 12.2. The minimum Gasteiger partial charge on any atom is -0.356 e. The van der Waals surface area contributed by atoms with Crippen molar-refractivity contribution in [2.24, 2.45) is 0 Å². The van der Waals surface area contributed by atoms with Gasteiger partial charge in [0.15, 0.2) is 0 Å². The van der Waals surface area contributed by atoms with Crippen molar-refractivity contribution in [3.05, 3.63) is 57.1 Å². The van der Waals surface area contributed by atoms with Crippen LogP contribution in [-0.4, -0.2) is 16.8 Å². The molecule has 0 fully saturated rings. The molecule has 2 amide bonds. The van der Waals surface area contributed by atoms with E-state index in [0.717, 1.165) is 20.1 Å². The van der Waals surface area contributed by atoms with Gasteiger partial charge in [0.05, 0.1) is 4.88 Å². The molecular weight excluding hydrogens is 366 g/mol. The molecule has 1 aromatic carbocycles. The zero-order valence-electron chi connectivity index (χ0n) is 11.6. The number of aryl methyl sites for hydroxylation is 1. The summed E-state index contributed by atoms with van der Waals surface area (Å²) in [6.07, 6.45) is 1.65. The average molecular weight is 378 g/mol. The van der Waals surface area contributed by atoms with E-state index in [1.54, 1.807) is 12.3 Å². The second-order valence-electron chi connectivity index (χ2n) is 4.69. The van der Waals surface area contributed by atoms with Crippen LogP contribution < -0.4 is 10.9 Å². The number of aromatic nitrogens is 1. The molecule has 0 atom stereocenters. The predicted molar refractivity (Wildman–Crippen MR) is 90.0 cm³/mol. The lowest BCUT2D eigenvalue weighted by Gasteiger charge is -2.05. The van der Waals surface area contributed by atoms with Gasteiger partial charge in [-0.2, -0.15) is 0 Å². The fraction of sp³-hybridized carbons (Fsp3) is 0.0667. The van der Waals surface area contributed by atoms with E-state index in [-0.39, 0.29) is 5.91 Å². The molecule has 3 rings (SSSR count). The van der Waals surface area contributed by atoms with Crippen molar-refractivity contribution in [2.45, 2.75) is 6.92 Å². The Bertz CT molecular complexity index is 869. The number of halogens is 1. The van der Waals surface area contributed by atoms with Gasteiger partial charge < -0.3 is 4.98 Å². The van der Waals surface area contributed by atoms with E-state index in [1.807, 2.05) is 31.2 Å². The lowest BCUT2D eigenvalue weighted by Crippen LogP contribution is -2.41. The summed E-state index contributed by atoms with van der Waals surface area (Å²) in [5.41, 5.74) is 6.12. The van der Waals surface area contributed by atoms with Gasteiger partial charge in [-0.25, -0.2) is 0 Å². The van der Waals surface area contributed by atoms with Gasteiger partial charge in [-0.1, -0.05) is 18.2 Å². The Morgan fingerprint density at radius 1 is 1.18 bits per heavy atom. The third-order valence-electron chi connectivity index (χ3n) is 3.23. The van der Waals surface area contributed by atoms with Crippen molar-refractivity contribution < 1.29 is 9.59 Å². The molecule has 0 radical (unpaired) electrons. The first-order chi connectivity index (χ1) is 10.6. The molecule has 2 aromatic heterocycles. The summed E-state index contributed by atoms with van der Waals surface area (Å²) in [5.74, 6) is -0.726. The van der Waals surface area contributed by atoms with Crippen molar-refractivity contribution in [3.8, 4) is 0 Å². The topological polar surface area (TPSA) is 74.0 Å². The summed E-state index contributed by atoms with van der Waals surface area (Å²) in [5, 5.41) is 1.05. The van der Waals surface area contributed by atoms with Gasteiger partial charge in [0.1, 0.15) is 5.69 Å². The van der Waals surface area contributed by atoms with Gasteiger partial charge in [0.25, 0.3) is 11.8 Å². The average Bonchev–Trinajstić information content (AvgIpc) is 3.09. The molecule has 0 aliphatic rings. The van der Waals surface area contributed by atoms with E-state index in [9.17, 15) is 9.59 Å². The lowest BCUT2D eigenvalue weighted by molar-refractivity contribution is 0.0846. The number of carbonyl (C=O) groups is 2. The van der Waals surface area contributed by atoms with Crippen LogP contribution in [0.15, 0.2) is 41.0 Å². The molecule has 3 N–H and O–H groups in total. The molecular formula is C15H12BrN3O2S. The zero-order valence-corrected chi connectivity index (χ0v) is 14.0. The van der Waals surface area contributed by atoms with E-state index in [4.69, 9.17) is 0 Å². The second-order valence-corrected chi connectivity index (χ2v) is 6.66. The summed E-state index contributed by atoms with van der Waals surface area (Å²) < 4.78 is 1.81. The highest BCUT2D eigenvalue weighted by molar-refractivity contribution is 9.10. The maximum Gasteiger partial charge on any atom is 0.286 e. The number of hydrogen-bond donors (Lipinski definition) is 3. The summed E-state index contributed by atoms with van der Waals surface area (Å²) in [6.45, 7) is 1.90. The molecule has 3 aromatic rings. The van der Waals surface area contributed by atoms with Crippen LogP contribution in [0.3, 0.4) is 0 Å². The largest absolute Gasteiger partial charge is 0.356 e. The molecule has 0 unspecified atom stereocenters. The first-order valence-electron chi connectivity index (χ1n) is 6.49. The van der Waals surface area contributed by atoms with Crippen LogP contribution in [0.1, 0.15) is 25.7 Å². The molecule has 0 aliphatic carbocycles. The van der Waals surface area contributed by atoms with Crippen LogP contribution >= 0.6 is 27.3 Å². The Balaban J connectivity index is 1.73. The Kier molecular flexibility index (Phi) is 4.00. The second kappa shape index (κ2) is 5.94. The van der Waals surface area contributed by atoms with Gasteiger partial charge in [-0.15, -0.1) is 11.3 Å². The van der Waals surface area contributed by atoms with Crippen LogP contribution in [0, 0.1) is 6.92 Å². The minimum atomic E-state index is -0.405. The molecule has 7 heteroatoms. The first kappa shape index (κ1) is 14.8. The fourth-order valence-electron chi connectivity index (χ4n) is 2.13. The fourth-order valence-corrected chi connectivity index (χ4v) is 3.58. The number of H-pyrrole nitrogens is 1. The van der Waals surface area contributed by atoms with Crippen molar-refractivity contribution >= 4 is 49.2 Å². The molecule has 5 nitrogen and oxygen atoms in total. The summed E-state index contributed by atoms with van der Waals surface area (Å²) in [4.78, 5) is 27.5. The Labute approximate surface area is 138 Å². The molecule has 0 aliphatic heterocycles. The number of benzene rings is 1. The molecule has 22 heavy (non-hydrogen) atoms. The Hall–Kier alpha value is -2.12. The smallest absolute Gasteiger partial charge is 0.286 e. The maximum atomic E-state index is 12.2. The highest BCUT2D eigenvalue weighted by Crippen LogP contribution is 2.30. The highest BCUT2D eigenvalue weighted by Gasteiger charge is 2.16. The number of nitrogens with one attached hydrogen (secondary N) is 3. The molecule has 0 bridgehead atoms. The number of aromatic amines is 1. The first-order valence-corrected chi connectivity index (χ1v) is 8.10. The third-order valence-corrected chi connectivity index (χ3v) is 4.96. The predicted octanol–water partition coefficient (Wildman–Crippen LogP) is 3.38. The lowest BCUT2D eigenvalue weighted by atomic mass is 10.1.